The van der Waals surface area contributed by atoms with Gasteiger partial charge in [0.1, 0.15) is 0 Å². The number of thioether (sulfide) groups is 1. The Balaban J connectivity index is 1.83. The van der Waals surface area contributed by atoms with Gasteiger partial charge in [0.2, 0.25) is 0 Å². The minimum absolute atomic E-state index is 0.0321. The summed E-state index contributed by atoms with van der Waals surface area (Å²) >= 11 is 1.15. The quantitative estimate of drug-likeness (QED) is 0.735. The molecule has 28 heavy (non-hydrogen) atoms. The van der Waals surface area contributed by atoms with Crippen molar-refractivity contribution in [2.75, 3.05) is 6.61 Å². The molecule has 0 bridgehead atoms. The molecule has 0 amide bonds. The first-order valence-electron chi connectivity index (χ1n) is 9.01. The summed E-state index contributed by atoms with van der Waals surface area (Å²) in [6.07, 6.45) is 1.38. The third kappa shape index (κ3) is 3.20. The van der Waals surface area contributed by atoms with Gasteiger partial charge >= 0.3 is 0 Å². The molecular formula is C19H20F3N3O2S. The van der Waals surface area contributed by atoms with Crippen LogP contribution in [0.5, 0.6) is 0 Å². The maximum absolute atomic E-state index is 14.5. The lowest BCUT2D eigenvalue weighted by Gasteiger charge is -2.36. The maximum Gasteiger partial charge on any atom is 0.271 e. The highest BCUT2D eigenvalue weighted by Gasteiger charge is 2.37. The van der Waals surface area contributed by atoms with Crippen molar-refractivity contribution < 1.29 is 17.9 Å². The Hall–Kier alpha value is -2.00. The average molecular weight is 411 g/mol. The Morgan fingerprint density at radius 3 is 2.75 bits per heavy atom. The fraction of sp³-hybridized carbons (Fsp3) is 0.474. The average Bonchev–Trinajstić information content (AvgIpc) is 2.95. The van der Waals surface area contributed by atoms with Crippen LogP contribution in [0.1, 0.15) is 56.0 Å². The first kappa shape index (κ1) is 19.3. The maximum atomic E-state index is 14.5. The molecule has 0 saturated carbocycles. The summed E-state index contributed by atoms with van der Waals surface area (Å²) in [6.45, 7) is 6.26. The SMILES string of the molecule is CC1=Nc2c(c(=O)[nH]n2[C@H]2CCOC(C)(C)C2)[C@@H](c2ccc(F)c(F)c2F)S1. The number of hydrogen-bond donors (Lipinski definition) is 1. The molecule has 1 fully saturated rings. The molecule has 1 saturated heterocycles. The molecule has 0 spiro atoms. The number of H-pyrrole nitrogens is 1. The predicted molar refractivity (Wildman–Crippen MR) is 102 cm³/mol. The van der Waals surface area contributed by atoms with E-state index in [-0.39, 0.29) is 22.8 Å². The van der Waals surface area contributed by atoms with Gasteiger partial charge in [0, 0.05) is 12.2 Å². The third-order valence-corrected chi connectivity index (χ3v) is 6.29. The first-order chi connectivity index (χ1) is 13.2. The fourth-order valence-electron chi connectivity index (χ4n) is 3.86. The molecule has 1 aromatic heterocycles. The van der Waals surface area contributed by atoms with Gasteiger partial charge in [0.05, 0.1) is 27.5 Å². The van der Waals surface area contributed by atoms with E-state index in [1.807, 2.05) is 13.8 Å². The van der Waals surface area contributed by atoms with Crippen molar-refractivity contribution >= 4 is 22.6 Å². The number of nitrogens with one attached hydrogen (secondary N) is 1. The summed E-state index contributed by atoms with van der Waals surface area (Å²) in [5.41, 5.74) is -0.568. The van der Waals surface area contributed by atoms with Crippen LogP contribution in [-0.4, -0.2) is 27.0 Å². The van der Waals surface area contributed by atoms with Crippen molar-refractivity contribution in [3.8, 4) is 0 Å². The van der Waals surface area contributed by atoms with Crippen molar-refractivity contribution in [2.24, 2.45) is 4.99 Å². The van der Waals surface area contributed by atoms with E-state index in [9.17, 15) is 18.0 Å². The number of halogens is 3. The van der Waals surface area contributed by atoms with Crippen molar-refractivity contribution in [1.82, 2.24) is 9.78 Å². The summed E-state index contributed by atoms with van der Waals surface area (Å²) < 4.78 is 49.1. The van der Waals surface area contributed by atoms with Crippen LogP contribution in [0.25, 0.3) is 0 Å². The number of fused-ring (bicyclic) bond motifs is 1. The number of benzene rings is 1. The number of ether oxygens (including phenoxy) is 1. The Morgan fingerprint density at radius 2 is 2.04 bits per heavy atom. The van der Waals surface area contributed by atoms with Crippen molar-refractivity contribution in [3.05, 3.63) is 51.1 Å². The predicted octanol–water partition coefficient (Wildman–Crippen LogP) is 4.61. The molecule has 0 radical (unpaired) electrons. The molecular weight excluding hydrogens is 391 g/mol. The standard InChI is InChI=1S/C19H20F3N3O2S/c1-9-23-17-13(16(28-9)11-4-5-12(20)15(22)14(11)21)18(26)24-25(17)10-6-7-27-19(2,3)8-10/h4-5,10,16H,6-8H2,1-3H3,(H,24,26)/t10-,16+/m0/s1. The summed E-state index contributed by atoms with van der Waals surface area (Å²) in [4.78, 5) is 17.3. The van der Waals surface area contributed by atoms with Crippen LogP contribution >= 0.6 is 11.8 Å². The number of aromatic nitrogens is 2. The topological polar surface area (TPSA) is 59.4 Å². The molecule has 150 valence electrons. The molecule has 2 aromatic rings. The van der Waals surface area contributed by atoms with Crippen molar-refractivity contribution in [3.63, 3.8) is 0 Å². The van der Waals surface area contributed by atoms with E-state index < -0.39 is 28.3 Å². The van der Waals surface area contributed by atoms with E-state index in [1.54, 1.807) is 11.6 Å². The van der Waals surface area contributed by atoms with Gasteiger partial charge in [0.25, 0.3) is 5.56 Å². The smallest absolute Gasteiger partial charge is 0.271 e. The molecule has 9 heteroatoms. The van der Waals surface area contributed by atoms with Gasteiger partial charge in [-0.1, -0.05) is 17.8 Å². The molecule has 1 N–H and O–H groups in total. The highest BCUT2D eigenvalue weighted by molar-refractivity contribution is 8.14. The Kier molecular flexibility index (Phi) is 4.70. The van der Waals surface area contributed by atoms with Gasteiger partial charge in [-0.25, -0.2) is 18.2 Å². The molecule has 4 rings (SSSR count). The first-order valence-corrected chi connectivity index (χ1v) is 9.89. The molecule has 2 atom stereocenters. The largest absolute Gasteiger partial charge is 0.375 e. The van der Waals surface area contributed by atoms with E-state index >= 15 is 0 Å². The van der Waals surface area contributed by atoms with Gasteiger partial charge in [-0.2, -0.15) is 0 Å². The summed E-state index contributed by atoms with van der Waals surface area (Å²) in [7, 11) is 0. The zero-order valence-electron chi connectivity index (χ0n) is 15.7. The van der Waals surface area contributed by atoms with E-state index in [2.05, 4.69) is 10.1 Å². The minimum atomic E-state index is -1.54. The molecule has 0 aliphatic carbocycles. The van der Waals surface area contributed by atoms with Gasteiger partial charge in [-0.15, -0.1) is 0 Å². The second-order valence-electron chi connectivity index (χ2n) is 7.70. The highest BCUT2D eigenvalue weighted by Crippen LogP contribution is 2.46. The van der Waals surface area contributed by atoms with Crippen LogP contribution < -0.4 is 5.56 Å². The number of nitrogens with zero attached hydrogens (tertiary/aromatic N) is 2. The van der Waals surface area contributed by atoms with E-state index in [0.29, 0.717) is 30.3 Å². The molecule has 2 aliphatic rings. The highest BCUT2D eigenvalue weighted by atomic mass is 32.2. The fourth-order valence-corrected chi connectivity index (χ4v) is 4.98. The molecule has 5 nitrogen and oxygen atoms in total. The minimum Gasteiger partial charge on any atom is -0.375 e. The van der Waals surface area contributed by atoms with Crippen LogP contribution in [0.4, 0.5) is 19.0 Å². The molecule has 2 aliphatic heterocycles. The van der Waals surface area contributed by atoms with Gasteiger partial charge in [0.15, 0.2) is 23.3 Å². The normalized spacial score (nSPS) is 24.0. The summed E-state index contributed by atoms with van der Waals surface area (Å²) in [6, 6.07) is 2.03. The lowest BCUT2D eigenvalue weighted by Crippen LogP contribution is -2.35. The van der Waals surface area contributed by atoms with Crippen LogP contribution in [0.3, 0.4) is 0 Å². The van der Waals surface area contributed by atoms with Crippen molar-refractivity contribution in [2.45, 2.75) is 50.5 Å². The van der Waals surface area contributed by atoms with Crippen molar-refractivity contribution in [1.29, 1.82) is 0 Å². The van der Waals surface area contributed by atoms with Crippen LogP contribution in [0.2, 0.25) is 0 Å². The molecule has 0 unspecified atom stereocenters. The lowest BCUT2D eigenvalue weighted by atomic mass is 9.94. The van der Waals surface area contributed by atoms with Crippen LogP contribution in [0.15, 0.2) is 21.9 Å². The number of aliphatic imine (C=N–C) groups is 1. The van der Waals surface area contributed by atoms with Crippen LogP contribution in [0, 0.1) is 17.5 Å². The molecule has 1 aromatic carbocycles. The monoisotopic (exact) mass is 411 g/mol. The number of aromatic amines is 1. The molecule has 3 heterocycles. The van der Waals surface area contributed by atoms with Crippen LogP contribution in [-0.2, 0) is 4.74 Å². The Morgan fingerprint density at radius 1 is 1.29 bits per heavy atom. The van der Waals surface area contributed by atoms with E-state index in [4.69, 9.17) is 4.74 Å². The second-order valence-corrected chi connectivity index (χ2v) is 8.99. The van der Waals surface area contributed by atoms with E-state index in [0.717, 1.165) is 17.8 Å². The van der Waals surface area contributed by atoms with E-state index in [1.165, 1.54) is 6.07 Å². The summed E-state index contributed by atoms with van der Waals surface area (Å²) in [5, 5.41) is 2.63. The Bertz CT molecular complexity index is 1030. The van der Waals surface area contributed by atoms with Gasteiger partial charge < -0.3 is 4.74 Å². The second kappa shape index (κ2) is 6.81. The third-order valence-electron chi connectivity index (χ3n) is 5.13. The zero-order valence-corrected chi connectivity index (χ0v) is 16.5. The lowest BCUT2D eigenvalue weighted by molar-refractivity contribution is -0.0705. The van der Waals surface area contributed by atoms with Gasteiger partial charge in [-0.3, -0.25) is 14.6 Å². The zero-order chi connectivity index (χ0) is 20.2. The summed E-state index contributed by atoms with van der Waals surface area (Å²) in [5.74, 6) is -3.67. The Labute approximate surface area is 164 Å². The van der Waals surface area contributed by atoms with Gasteiger partial charge in [-0.05, 0) is 39.7 Å². The number of hydrogen-bond acceptors (Lipinski definition) is 4. The number of rotatable bonds is 2.